The summed E-state index contributed by atoms with van der Waals surface area (Å²) >= 11 is 0. The second-order valence-corrected chi connectivity index (χ2v) is 4.91. The van der Waals surface area contributed by atoms with Crippen LogP contribution in [0.1, 0.15) is 36.9 Å². The fourth-order valence-electron chi connectivity index (χ4n) is 2.75. The molecule has 0 aromatic carbocycles. The van der Waals surface area contributed by atoms with Crippen molar-refractivity contribution in [3.8, 4) is 0 Å². The third kappa shape index (κ3) is 2.15. The lowest BCUT2D eigenvalue weighted by Gasteiger charge is -2.34. The van der Waals surface area contributed by atoms with Gasteiger partial charge < -0.3 is 15.8 Å². The number of hydrogen-bond acceptors (Lipinski definition) is 4. The zero-order valence-corrected chi connectivity index (χ0v) is 10.8. The van der Waals surface area contributed by atoms with Crippen molar-refractivity contribution in [3.05, 3.63) is 23.4 Å². The van der Waals surface area contributed by atoms with Crippen molar-refractivity contribution in [3.63, 3.8) is 0 Å². The Hall–Kier alpha value is -1.13. The number of nitrogens with zero attached hydrogens (tertiary/aromatic N) is 1. The highest BCUT2D eigenvalue weighted by molar-refractivity contribution is 5.47. The largest absolute Gasteiger partial charge is 0.383 e. The van der Waals surface area contributed by atoms with Crippen LogP contribution in [0.15, 0.2) is 12.3 Å². The summed E-state index contributed by atoms with van der Waals surface area (Å²) < 4.78 is 5.91. The number of nitrogens with one attached hydrogen (secondary N) is 1. The van der Waals surface area contributed by atoms with Gasteiger partial charge in [0.25, 0.3) is 0 Å². The Labute approximate surface area is 103 Å². The molecule has 1 aromatic rings. The van der Waals surface area contributed by atoms with Crippen LogP contribution in [-0.4, -0.2) is 24.2 Å². The molecule has 4 nitrogen and oxygen atoms in total. The van der Waals surface area contributed by atoms with Crippen molar-refractivity contribution in [1.82, 2.24) is 10.3 Å². The van der Waals surface area contributed by atoms with E-state index in [0.717, 1.165) is 30.6 Å². The molecule has 2 heterocycles. The van der Waals surface area contributed by atoms with Crippen LogP contribution in [0.3, 0.4) is 0 Å². The molecule has 1 aliphatic heterocycles. The number of ether oxygens (including phenoxy) is 1. The molecule has 0 spiro atoms. The number of hydrogen-bond donors (Lipinski definition) is 2. The van der Waals surface area contributed by atoms with Gasteiger partial charge in [-0.05, 0) is 45.4 Å². The van der Waals surface area contributed by atoms with Crippen molar-refractivity contribution >= 4 is 5.82 Å². The molecule has 0 saturated carbocycles. The van der Waals surface area contributed by atoms with Gasteiger partial charge >= 0.3 is 0 Å². The average molecular weight is 235 g/mol. The van der Waals surface area contributed by atoms with E-state index in [-0.39, 0.29) is 11.6 Å². The molecule has 0 amide bonds. The number of anilines is 1. The number of nitrogens with two attached hydrogens (primary N) is 1. The van der Waals surface area contributed by atoms with Gasteiger partial charge in [-0.15, -0.1) is 0 Å². The first-order valence-corrected chi connectivity index (χ1v) is 6.10. The third-order valence-corrected chi connectivity index (χ3v) is 3.68. The monoisotopic (exact) mass is 235 g/mol. The normalized spacial score (nSPS) is 26.1. The SMILES string of the molecule is CNC(c1c(C)ccnc1N)C1(C)CCCO1. The van der Waals surface area contributed by atoms with Gasteiger partial charge in [0.2, 0.25) is 0 Å². The van der Waals surface area contributed by atoms with E-state index < -0.39 is 0 Å². The summed E-state index contributed by atoms with van der Waals surface area (Å²) in [6.45, 7) is 5.04. The van der Waals surface area contributed by atoms with Crippen LogP contribution in [0.4, 0.5) is 5.82 Å². The van der Waals surface area contributed by atoms with Gasteiger partial charge in [-0.2, -0.15) is 0 Å². The first-order valence-electron chi connectivity index (χ1n) is 6.10. The van der Waals surface area contributed by atoms with Crippen LogP contribution in [0.2, 0.25) is 0 Å². The molecule has 1 aromatic heterocycles. The van der Waals surface area contributed by atoms with Crippen molar-refractivity contribution < 1.29 is 4.74 Å². The summed E-state index contributed by atoms with van der Waals surface area (Å²) in [7, 11) is 1.95. The predicted octanol–water partition coefficient (Wildman–Crippen LogP) is 1.80. The van der Waals surface area contributed by atoms with Crippen LogP contribution in [0.5, 0.6) is 0 Å². The molecule has 0 aliphatic carbocycles. The Morgan fingerprint density at radius 3 is 2.88 bits per heavy atom. The van der Waals surface area contributed by atoms with E-state index >= 15 is 0 Å². The molecule has 3 N–H and O–H groups in total. The summed E-state index contributed by atoms with van der Waals surface area (Å²) in [5.41, 5.74) is 8.06. The van der Waals surface area contributed by atoms with Gasteiger partial charge in [-0.3, -0.25) is 0 Å². The Bertz CT molecular complexity index is 379. The van der Waals surface area contributed by atoms with E-state index in [2.05, 4.69) is 24.1 Å². The van der Waals surface area contributed by atoms with Crippen molar-refractivity contribution in [2.24, 2.45) is 0 Å². The van der Waals surface area contributed by atoms with Crippen LogP contribution in [0.25, 0.3) is 0 Å². The van der Waals surface area contributed by atoms with Gasteiger partial charge in [0.1, 0.15) is 5.82 Å². The van der Waals surface area contributed by atoms with Gasteiger partial charge in [0.05, 0.1) is 11.6 Å². The fraction of sp³-hybridized carbons (Fsp3) is 0.615. The first-order chi connectivity index (χ1) is 8.08. The average Bonchev–Trinajstić information content (AvgIpc) is 2.71. The number of pyridine rings is 1. The Kier molecular flexibility index (Phi) is 3.35. The molecule has 1 aliphatic rings. The number of likely N-dealkylation sites (N-methyl/N-ethyl adjacent to an activating group) is 1. The minimum atomic E-state index is -0.184. The van der Waals surface area contributed by atoms with Crippen LogP contribution >= 0.6 is 0 Å². The second kappa shape index (κ2) is 4.63. The molecule has 94 valence electrons. The standard InChI is InChI=1S/C13H21N3O/c1-9-5-7-16-12(14)10(9)11(15-3)13(2)6-4-8-17-13/h5,7,11,15H,4,6,8H2,1-3H3,(H2,14,16). The minimum Gasteiger partial charge on any atom is -0.383 e. The molecule has 2 unspecified atom stereocenters. The molecule has 1 fully saturated rings. The Morgan fingerprint density at radius 2 is 2.35 bits per heavy atom. The zero-order chi connectivity index (χ0) is 12.5. The minimum absolute atomic E-state index is 0.0960. The number of aromatic nitrogens is 1. The maximum absolute atomic E-state index is 6.02. The van der Waals surface area contributed by atoms with E-state index in [1.54, 1.807) is 6.20 Å². The Morgan fingerprint density at radius 1 is 1.59 bits per heavy atom. The summed E-state index contributed by atoms with van der Waals surface area (Å²) in [5, 5.41) is 3.34. The van der Waals surface area contributed by atoms with Crippen molar-refractivity contribution in [2.45, 2.75) is 38.3 Å². The number of nitrogen functional groups attached to an aromatic ring is 1. The lowest BCUT2D eigenvalue weighted by atomic mass is 9.86. The molecule has 17 heavy (non-hydrogen) atoms. The maximum Gasteiger partial charge on any atom is 0.128 e. The highest BCUT2D eigenvalue weighted by Gasteiger charge is 2.40. The lowest BCUT2D eigenvalue weighted by molar-refractivity contribution is -0.0105. The summed E-state index contributed by atoms with van der Waals surface area (Å²) in [6, 6.07) is 2.09. The highest BCUT2D eigenvalue weighted by Crippen LogP contribution is 2.39. The highest BCUT2D eigenvalue weighted by atomic mass is 16.5. The summed E-state index contributed by atoms with van der Waals surface area (Å²) in [4.78, 5) is 4.19. The van der Waals surface area contributed by atoms with E-state index in [9.17, 15) is 0 Å². The van der Waals surface area contributed by atoms with Gasteiger partial charge in [0.15, 0.2) is 0 Å². The molecule has 4 heteroatoms. The van der Waals surface area contributed by atoms with Crippen LogP contribution in [0, 0.1) is 6.92 Å². The molecule has 2 atom stereocenters. The van der Waals surface area contributed by atoms with Crippen LogP contribution < -0.4 is 11.1 Å². The molecule has 2 rings (SSSR count). The van der Waals surface area contributed by atoms with E-state index in [1.807, 2.05) is 13.1 Å². The molecular weight excluding hydrogens is 214 g/mol. The third-order valence-electron chi connectivity index (χ3n) is 3.68. The number of aryl methyl sites for hydroxylation is 1. The van der Waals surface area contributed by atoms with E-state index in [1.165, 1.54) is 0 Å². The number of rotatable bonds is 3. The summed E-state index contributed by atoms with van der Waals surface area (Å²) in [5.74, 6) is 0.598. The smallest absolute Gasteiger partial charge is 0.128 e. The molecular formula is C13H21N3O. The zero-order valence-electron chi connectivity index (χ0n) is 10.8. The maximum atomic E-state index is 6.02. The molecule has 0 radical (unpaired) electrons. The quantitative estimate of drug-likeness (QED) is 0.838. The topological polar surface area (TPSA) is 60.2 Å². The first kappa shape index (κ1) is 12.3. The second-order valence-electron chi connectivity index (χ2n) is 4.91. The van der Waals surface area contributed by atoms with Crippen LogP contribution in [-0.2, 0) is 4.74 Å². The predicted molar refractivity (Wildman–Crippen MR) is 68.8 cm³/mol. The van der Waals surface area contributed by atoms with E-state index in [0.29, 0.717) is 5.82 Å². The van der Waals surface area contributed by atoms with Crippen molar-refractivity contribution in [2.75, 3.05) is 19.4 Å². The lowest BCUT2D eigenvalue weighted by Crippen LogP contribution is -2.40. The van der Waals surface area contributed by atoms with Gasteiger partial charge in [-0.1, -0.05) is 0 Å². The summed E-state index contributed by atoms with van der Waals surface area (Å²) in [6.07, 6.45) is 3.90. The van der Waals surface area contributed by atoms with Gasteiger partial charge in [-0.25, -0.2) is 4.98 Å². The fourth-order valence-corrected chi connectivity index (χ4v) is 2.75. The Balaban J connectivity index is 2.41. The van der Waals surface area contributed by atoms with E-state index in [4.69, 9.17) is 10.5 Å². The molecule has 0 bridgehead atoms. The molecule has 1 saturated heterocycles. The van der Waals surface area contributed by atoms with Gasteiger partial charge in [0, 0.05) is 18.4 Å². The van der Waals surface area contributed by atoms with Crippen molar-refractivity contribution in [1.29, 1.82) is 0 Å².